The Morgan fingerprint density at radius 2 is 1.17 bits per heavy atom. The standard InChI is InChI=1S/C19H7F7O4S.C18H33OP.Eu/c20-17(21,18(22,23)19(24,25)26)15(28)11-12(27)9-6-5-8-7-3-1-2-4-10(7)31-14(8)13(9)30-16(11)29;19-20(16-10-4-1-5-11-16,17-12-6-2-7-13-17)18-14-8-3-9-15-18;/h1-6,27H;16-18H,1-15H2;. The fourth-order valence-corrected chi connectivity index (χ4v) is 14.9. The first-order chi connectivity index (χ1) is 24.1. The third-order valence-corrected chi connectivity index (χ3v) is 17.2. The number of halogens is 7. The fourth-order valence-electron chi connectivity index (χ4n) is 8.45. The van der Waals surface area contributed by atoms with Crippen LogP contribution in [0.5, 0.6) is 5.75 Å². The molecular formula is C37H40EuF7O5PS. The Labute approximate surface area is 341 Å². The van der Waals surface area contributed by atoms with Gasteiger partial charge in [-0.25, -0.2) is 4.79 Å². The largest absolute Gasteiger partial charge is 0.506 e. The molecule has 0 aliphatic heterocycles. The van der Waals surface area contributed by atoms with Gasteiger partial charge in [-0.2, -0.15) is 30.7 Å². The van der Waals surface area contributed by atoms with Crippen molar-refractivity contribution in [3.63, 3.8) is 0 Å². The maximum atomic E-state index is 14.3. The van der Waals surface area contributed by atoms with E-state index in [9.17, 15) is 50.0 Å². The summed E-state index contributed by atoms with van der Waals surface area (Å²) in [6, 6.07) is 9.36. The van der Waals surface area contributed by atoms with Crippen LogP contribution in [0.1, 0.15) is 107 Å². The number of benzene rings is 2. The van der Waals surface area contributed by atoms with Crippen molar-refractivity contribution in [2.45, 2.75) is 131 Å². The zero-order valence-corrected chi connectivity index (χ0v) is 32.4. The third kappa shape index (κ3) is 7.59. The second-order valence-electron chi connectivity index (χ2n) is 14.1. The Balaban J connectivity index is 0.000000215. The van der Waals surface area contributed by atoms with E-state index in [1.165, 1.54) is 102 Å². The van der Waals surface area contributed by atoms with Crippen molar-refractivity contribution in [3.8, 4) is 5.75 Å². The number of carbonyl (C=O) groups is 1. The number of Topliss-reactive ketones (excluding diaryl/α,β-unsaturated/α-hetero) is 1. The van der Waals surface area contributed by atoms with Crippen molar-refractivity contribution in [2.75, 3.05) is 0 Å². The van der Waals surface area contributed by atoms with Gasteiger partial charge in [0.2, 0.25) is 5.78 Å². The number of hydrogen-bond acceptors (Lipinski definition) is 6. The Kier molecular flexibility index (Phi) is 13.2. The molecule has 2 aromatic heterocycles. The van der Waals surface area contributed by atoms with Gasteiger partial charge in [0.05, 0.1) is 17.2 Å². The summed E-state index contributed by atoms with van der Waals surface area (Å²) in [5.41, 5.74) is -2.42. The average molecular weight is 913 g/mol. The van der Waals surface area contributed by atoms with Crippen LogP contribution in [0.15, 0.2) is 45.6 Å². The molecule has 4 aromatic rings. The SMILES string of the molecule is O=C(c1c(O)c2ccc3c4ccccc4sc3c2oc1=O)C(F)(F)C(F)(F)C(F)(F)F.O=P(C1CCCCC1)(C1CCCCC1)C1CCCCC1.[Eu]. The number of hydrogen-bond donors (Lipinski definition) is 1. The predicted molar refractivity (Wildman–Crippen MR) is 186 cm³/mol. The summed E-state index contributed by atoms with van der Waals surface area (Å²) in [5.74, 6) is -17.8. The van der Waals surface area contributed by atoms with Crippen LogP contribution in [0.3, 0.4) is 0 Å². The molecule has 2 aromatic carbocycles. The van der Waals surface area contributed by atoms with E-state index in [1.807, 2.05) is 0 Å². The zero-order chi connectivity index (χ0) is 36.8. The topological polar surface area (TPSA) is 84.6 Å². The summed E-state index contributed by atoms with van der Waals surface area (Å²) in [7, 11) is -1.95. The second-order valence-corrected chi connectivity index (χ2v) is 18.9. The molecule has 3 aliphatic rings. The minimum absolute atomic E-state index is 0. The number of alkyl halides is 7. The summed E-state index contributed by atoms with van der Waals surface area (Å²) in [4.78, 5) is 24.1. The van der Waals surface area contributed by atoms with Gasteiger partial charge in [0.1, 0.15) is 5.75 Å². The molecule has 15 heteroatoms. The summed E-state index contributed by atoms with van der Waals surface area (Å²) < 4.78 is 111. The van der Waals surface area contributed by atoms with E-state index < -0.39 is 53.3 Å². The van der Waals surface area contributed by atoms with Crippen LogP contribution < -0.4 is 5.63 Å². The predicted octanol–water partition coefficient (Wildman–Crippen LogP) is 12.2. The third-order valence-electron chi connectivity index (χ3n) is 11.1. The molecule has 0 amide bonds. The Morgan fingerprint density at radius 3 is 1.65 bits per heavy atom. The van der Waals surface area contributed by atoms with Gasteiger partial charge in [-0.15, -0.1) is 11.3 Å². The number of thiophene rings is 1. The van der Waals surface area contributed by atoms with E-state index in [4.69, 9.17) is 4.42 Å². The van der Waals surface area contributed by atoms with Crippen molar-refractivity contribution in [2.24, 2.45) is 0 Å². The van der Waals surface area contributed by atoms with Gasteiger partial charge in [0.25, 0.3) is 0 Å². The first-order valence-corrected chi connectivity index (χ1v) is 20.4. The zero-order valence-electron chi connectivity index (χ0n) is 28.3. The van der Waals surface area contributed by atoms with Crippen LogP contribution in [0.2, 0.25) is 0 Å². The van der Waals surface area contributed by atoms with Gasteiger partial charge < -0.3 is 14.1 Å². The van der Waals surface area contributed by atoms with Gasteiger partial charge in [-0.3, -0.25) is 4.79 Å². The normalized spacial score (nSPS) is 19.0. The molecule has 0 spiro atoms. The molecule has 52 heavy (non-hydrogen) atoms. The Morgan fingerprint density at radius 1 is 0.712 bits per heavy atom. The van der Waals surface area contributed by atoms with Crippen molar-refractivity contribution in [1.82, 2.24) is 0 Å². The van der Waals surface area contributed by atoms with Gasteiger partial charge >= 0.3 is 23.6 Å². The van der Waals surface area contributed by atoms with E-state index in [2.05, 4.69) is 0 Å². The monoisotopic (exact) mass is 913 g/mol. The first-order valence-electron chi connectivity index (χ1n) is 17.7. The van der Waals surface area contributed by atoms with E-state index >= 15 is 0 Å². The van der Waals surface area contributed by atoms with Crippen LogP contribution in [0, 0.1) is 49.4 Å². The van der Waals surface area contributed by atoms with Gasteiger partial charge in [-0.05, 0) is 50.7 Å². The van der Waals surface area contributed by atoms with Crippen LogP contribution in [-0.4, -0.2) is 45.9 Å². The molecule has 0 unspecified atom stereocenters. The number of fused-ring (bicyclic) bond motifs is 5. The minimum atomic E-state index is -6.79. The maximum Gasteiger partial charge on any atom is 0.460 e. The molecule has 0 bridgehead atoms. The number of ketones is 1. The van der Waals surface area contributed by atoms with Crippen molar-refractivity contribution in [3.05, 3.63) is 52.4 Å². The molecule has 5 nitrogen and oxygen atoms in total. The van der Waals surface area contributed by atoms with Crippen molar-refractivity contribution < 1.29 is 99.0 Å². The molecule has 2 heterocycles. The maximum absolute atomic E-state index is 14.3. The minimum Gasteiger partial charge on any atom is -0.506 e. The molecule has 3 fully saturated rings. The Bertz CT molecular complexity index is 1960. The van der Waals surface area contributed by atoms with Crippen molar-refractivity contribution in [1.29, 1.82) is 0 Å². The van der Waals surface area contributed by atoms with E-state index in [0.29, 0.717) is 22.4 Å². The van der Waals surface area contributed by atoms with E-state index in [0.717, 1.165) is 27.5 Å². The quantitative estimate of drug-likeness (QED) is 0.0901. The molecule has 0 saturated heterocycles. The smallest absolute Gasteiger partial charge is 0.460 e. The molecule has 1 N–H and O–H groups in total. The summed E-state index contributed by atoms with van der Waals surface area (Å²) in [6.45, 7) is 0. The second kappa shape index (κ2) is 16.4. The van der Waals surface area contributed by atoms with Crippen LogP contribution in [0.4, 0.5) is 30.7 Å². The van der Waals surface area contributed by atoms with Gasteiger partial charge in [0.15, 0.2) is 11.1 Å². The molecule has 7 rings (SSSR count). The van der Waals surface area contributed by atoms with E-state index in [-0.39, 0.29) is 59.7 Å². The number of rotatable bonds is 6. The molecule has 1 radical (unpaired) electrons. The van der Waals surface area contributed by atoms with Crippen LogP contribution in [0.25, 0.3) is 31.1 Å². The van der Waals surface area contributed by atoms with Crippen LogP contribution in [-0.2, 0) is 4.57 Å². The summed E-state index contributed by atoms with van der Waals surface area (Å²) in [6.07, 6.45) is 13.3. The van der Waals surface area contributed by atoms with Gasteiger partial charge in [-0.1, -0.05) is 82.1 Å². The number of carbonyl (C=O) groups excluding carboxylic acids is 1. The fraction of sp³-hybridized carbons (Fsp3) is 0.568. The van der Waals surface area contributed by atoms with Crippen molar-refractivity contribution >= 4 is 55.4 Å². The molecule has 3 saturated carbocycles. The summed E-state index contributed by atoms with van der Waals surface area (Å²) >= 11 is 1.09. The Hall–Kier alpha value is -1.34. The van der Waals surface area contributed by atoms with Gasteiger partial charge in [0, 0.05) is 81.8 Å². The summed E-state index contributed by atoms with van der Waals surface area (Å²) in [5, 5.41) is 11.0. The molecular weight excluding hydrogens is 872 g/mol. The molecule has 0 atom stereocenters. The first kappa shape index (κ1) is 41.8. The van der Waals surface area contributed by atoms with Crippen LogP contribution >= 0.6 is 18.5 Å². The average Bonchev–Trinajstić information content (AvgIpc) is 3.51. The molecule has 3 aliphatic carbocycles. The molecule has 285 valence electrons. The number of aromatic hydroxyl groups is 1. The van der Waals surface area contributed by atoms with E-state index in [1.54, 1.807) is 24.3 Å².